The number of ether oxygens (including phenoxy) is 3. The van der Waals surface area contributed by atoms with Crippen LogP contribution in [-0.2, 0) is 28.6 Å². The summed E-state index contributed by atoms with van der Waals surface area (Å²) >= 11 is 0. The Labute approximate surface area is 499 Å². The minimum absolute atomic E-state index is 0.0975. The summed E-state index contributed by atoms with van der Waals surface area (Å²) in [6.45, 7) is 6.28. The maximum absolute atomic E-state index is 12.9. The van der Waals surface area contributed by atoms with Crippen LogP contribution in [0.2, 0.25) is 0 Å². The minimum atomic E-state index is -0.803. The molecule has 456 valence electrons. The zero-order chi connectivity index (χ0) is 58.5. The van der Waals surface area contributed by atoms with E-state index in [-0.39, 0.29) is 31.1 Å². The molecule has 81 heavy (non-hydrogen) atoms. The Bertz CT molecular complexity index is 1810. The third-order valence-electron chi connectivity index (χ3n) is 13.5. The third kappa shape index (κ3) is 65.7. The van der Waals surface area contributed by atoms with Crippen molar-refractivity contribution in [3.8, 4) is 0 Å². The van der Waals surface area contributed by atoms with Crippen molar-refractivity contribution >= 4 is 17.9 Å². The Morgan fingerprint density at radius 3 is 0.691 bits per heavy atom. The molecule has 0 bridgehead atoms. The van der Waals surface area contributed by atoms with Gasteiger partial charge in [0.05, 0.1) is 0 Å². The Balaban J connectivity index is 4.42. The van der Waals surface area contributed by atoms with Crippen LogP contribution in [0.25, 0.3) is 0 Å². The number of hydrogen-bond acceptors (Lipinski definition) is 6. The maximum atomic E-state index is 12.9. The van der Waals surface area contributed by atoms with E-state index in [4.69, 9.17) is 14.2 Å². The molecule has 0 N–H and O–H groups in total. The number of esters is 3. The molecule has 0 aliphatic carbocycles. The smallest absolute Gasteiger partial charge is 0.306 e. The quantitative estimate of drug-likeness (QED) is 0.0261. The largest absolute Gasteiger partial charge is 0.462 e. The molecule has 0 amide bonds. The molecular formula is C75H120O6. The Kier molecular flexibility index (Phi) is 63.4. The molecule has 6 heteroatoms. The second kappa shape index (κ2) is 67.5. The Morgan fingerprint density at radius 1 is 0.247 bits per heavy atom. The van der Waals surface area contributed by atoms with Gasteiger partial charge in [-0.15, -0.1) is 0 Å². The lowest BCUT2D eigenvalue weighted by molar-refractivity contribution is -0.167. The molecule has 0 saturated heterocycles. The first-order valence-corrected chi connectivity index (χ1v) is 33.0. The fraction of sp³-hybridized carbons (Fsp3) is 0.613. The van der Waals surface area contributed by atoms with E-state index >= 15 is 0 Å². The van der Waals surface area contributed by atoms with Gasteiger partial charge in [0.25, 0.3) is 0 Å². The Morgan fingerprint density at radius 2 is 0.444 bits per heavy atom. The van der Waals surface area contributed by atoms with Gasteiger partial charge < -0.3 is 14.2 Å². The summed E-state index contributed by atoms with van der Waals surface area (Å²) in [5, 5.41) is 0. The molecule has 0 aromatic carbocycles. The van der Waals surface area contributed by atoms with Crippen LogP contribution in [0, 0.1) is 0 Å². The highest BCUT2D eigenvalue weighted by atomic mass is 16.6. The number of rotatable bonds is 58. The second-order valence-corrected chi connectivity index (χ2v) is 21.2. The molecule has 1 atom stereocenters. The zero-order valence-corrected chi connectivity index (χ0v) is 52.2. The van der Waals surface area contributed by atoms with Gasteiger partial charge in [-0.3, -0.25) is 14.4 Å². The van der Waals surface area contributed by atoms with Gasteiger partial charge in [0.1, 0.15) is 13.2 Å². The molecule has 0 saturated carbocycles. The summed E-state index contributed by atoms with van der Waals surface area (Å²) in [5.74, 6) is -0.930. The summed E-state index contributed by atoms with van der Waals surface area (Å²) in [5.41, 5.74) is 0. The first-order valence-electron chi connectivity index (χ1n) is 33.0. The fourth-order valence-corrected chi connectivity index (χ4v) is 8.69. The topological polar surface area (TPSA) is 78.9 Å². The molecule has 0 spiro atoms. The lowest BCUT2D eigenvalue weighted by atomic mass is 10.1. The highest BCUT2D eigenvalue weighted by Gasteiger charge is 2.19. The van der Waals surface area contributed by atoms with Crippen LogP contribution in [0.15, 0.2) is 158 Å². The van der Waals surface area contributed by atoms with Crippen molar-refractivity contribution in [1.82, 2.24) is 0 Å². The van der Waals surface area contributed by atoms with E-state index < -0.39 is 6.10 Å². The molecular weight excluding hydrogens is 997 g/mol. The van der Waals surface area contributed by atoms with Crippen LogP contribution in [-0.4, -0.2) is 37.2 Å². The van der Waals surface area contributed by atoms with Crippen LogP contribution in [0.4, 0.5) is 0 Å². The van der Waals surface area contributed by atoms with Crippen molar-refractivity contribution < 1.29 is 28.6 Å². The molecule has 0 heterocycles. The normalized spacial score (nSPS) is 13.2. The van der Waals surface area contributed by atoms with Crippen LogP contribution in [0.3, 0.4) is 0 Å². The van der Waals surface area contributed by atoms with Crippen molar-refractivity contribution in [3.05, 3.63) is 158 Å². The van der Waals surface area contributed by atoms with E-state index in [9.17, 15) is 14.4 Å². The predicted molar refractivity (Wildman–Crippen MR) is 352 cm³/mol. The lowest BCUT2D eigenvalue weighted by Gasteiger charge is -2.18. The van der Waals surface area contributed by atoms with E-state index in [0.717, 1.165) is 173 Å². The monoisotopic (exact) mass is 1120 g/mol. The molecule has 0 fully saturated rings. The number of allylic oxidation sites excluding steroid dienone is 26. The van der Waals surface area contributed by atoms with Crippen molar-refractivity contribution in [3.63, 3.8) is 0 Å². The van der Waals surface area contributed by atoms with Gasteiger partial charge in [-0.05, 0) is 141 Å². The first kappa shape index (κ1) is 76.0. The van der Waals surface area contributed by atoms with Crippen molar-refractivity contribution in [2.45, 2.75) is 284 Å². The summed E-state index contributed by atoms with van der Waals surface area (Å²) in [6, 6.07) is 0. The average Bonchev–Trinajstić information content (AvgIpc) is 3.47. The first-order chi connectivity index (χ1) is 40.0. The molecule has 0 radical (unpaired) electrons. The van der Waals surface area contributed by atoms with Gasteiger partial charge in [-0.25, -0.2) is 0 Å². The highest BCUT2D eigenvalue weighted by Crippen LogP contribution is 2.15. The third-order valence-corrected chi connectivity index (χ3v) is 13.5. The number of carbonyl (C=O) groups excluding carboxylic acids is 3. The zero-order valence-electron chi connectivity index (χ0n) is 52.2. The molecule has 0 rings (SSSR count). The van der Waals surface area contributed by atoms with Crippen molar-refractivity contribution in [2.75, 3.05) is 13.2 Å². The fourth-order valence-electron chi connectivity index (χ4n) is 8.69. The van der Waals surface area contributed by atoms with E-state index in [1.54, 1.807) is 0 Å². The minimum Gasteiger partial charge on any atom is -0.462 e. The van der Waals surface area contributed by atoms with Crippen LogP contribution in [0.1, 0.15) is 278 Å². The summed E-state index contributed by atoms with van der Waals surface area (Å²) in [4.78, 5) is 38.4. The van der Waals surface area contributed by atoms with Crippen molar-refractivity contribution in [2.24, 2.45) is 0 Å². The van der Waals surface area contributed by atoms with Gasteiger partial charge in [0, 0.05) is 19.3 Å². The molecule has 0 aliphatic rings. The van der Waals surface area contributed by atoms with E-state index in [1.165, 1.54) is 64.2 Å². The SMILES string of the molecule is CC/C=C\C/C=C\C/C=C\C/C=C\C/C=C\C/C=C\CCCCCCCCCCC(=O)OCC(COC(=O)CCCCCCC/C=C\C/C=C\C/C=C\CC)OC(=O)CCCCCCCCCC/C=C\C/C=C\C/C=C\C/C=C\CC. The molecule has 0 aliphatic heterocycles. The van der Waals surface area contributed by atoms with Crippen LogP contribution in [0.5, 0.6) is 0 Å². The average molecular weight is 1120 g/mol. The predicted octanol–water partition coefficient (Wildman–Crippen LogP) is 22.9. The van der Waals surface area contributed by atoms with Gasteiger partial charge in [-0.1, -0.05) is 275 Å². The van der Waals surface area contributed by atoms with E-state index in [2.05, 4.69) is 179 Å². The number of unbranched alkanes of at least 4 members (excludes halogenated alkanes) is 21. The highest BCUT2D eigenvalue weighted by molar-refractivity contribution is 5.71. The van der Waals surface area contributed by atoms with Gasteiger partial charge >= 0.3 is 17.9 Å². The molecule has 6 nitrogen and oxygen atoms in total. The van der Waals surface area contributed by atoms with Crippen LogP contribution >= 0.6 is 0 Å². The molecule has 0 aromatic rings. The standard InChI is InChI=1S/C75H120O6/c1-4-7-10-13-16-19-22-25-28-30-32-34-35-36-37-38-39-41-42-44-47-50-53-56-59-62-65-68-74(77)80-71-72(70-79-73(76)67-64-61-58-55-52-49-46-27-24-21-18-15-12-9-6-3)81-75(78)69-66-63-60-57-54-51-48-45-43-40-33-31-29-26-23-20-17-14-11-8-5-2/h7-12,16-21,25-29,32-34,36-37,39-41,46,72H,4-6,13-15,22-24,30-31,35,38,42-45,47-71H2,1-3H3/b10-7-,11-8-,12-9-,19-16-,20-17-,21-18-,28-25-,29-26-,34-32-,37-36-,40-33-,41-39-,46-27-. The summed E-state index contributed by atoms with van der Waals surface area (Å²) in [6.07, 6.45) is 98.2. The second-order valence-electron chi connectivity index (χ2n) is 21.2. The van der Waals surface area contributed by atoms with E-state index in [0.29, 0.717) is 19.3 Å². The number of hydrogen-bond donors (Lipinski definition) is 0. The number of carbonyl (C=O) groups is 3. The Hall–Kier alpha value is -4.97. The summed E-state index contributed by atoms with van der Waals surface area (Å²) in [7, 11) is 0. The summed E-state index contributed by atoms with van der Waals surface area (Å²) < 4.78 is 16.9. The lowest BCUT2D eigenvalue weighted by Crippen LogP contribution is -2.30. The van der Waals surface area contributed by atoms with E-state index in [1.807, 2.05) is 0 Å². The van der Waals surface area contributed by atoms with Gasteiger partial charge in [0.15, 0.2) is 6.10 Å². The van der Waals surface area contributed by atoms with Gasteiger partial charge in [-0.2, -0.15) is 0 Å². The van der Waals surface area contributed by atoms with Crippen LogP contribution < -0.4 is 0 Å². The molecule has 1 unspecified atom stereocenters. The maximum Gasteiger partial charge on any atom is 0.306 e. The van der Waals surface area contributed by atoms with Crippen molar-refractivity contribution in [1.29, 1.82) is 0 Å². The molecule has 0 aromatic heterocycles. The van der Waals surface area contributed by atoms with Gasteiger partial charge in [0.2, 0.25) is 0 Å².